The molecule has 3 aromatic rings. The van der Waals surface area contributed by atoms with Gasteiger partial charge in [-0.05, 0) is 50.3 Å². The van der Waals surface area contributed by atoms with Gasteiger partial charge in [0.25, 0.3) is 0 Å². The van der Waals surface area contributed by atoms with Crippen LogP contribution >= 0.6 is 0 Å². The first-order valence-corrected chi connectivity index (χ1v) is 8.90. The van der Waals surface area contributed by atoms with Crippen molar-refractivity contribution >= 4 is 17.2 Å². The molecular formula is C19H23FN6. The zero-order valence-electron chi connectivity index (χ0n) is 15.1. The van der Waals surface area contributed by atoms with Gasteiger partial charge in [0.05, 0.1) is 11.9 Å². The van der Waals surface area contributed by atoms with Crippen LogP contribution in [-0.4, -0.2) is 59.8 Å². The summed E-state index contributed by atoms with van der Waals surface area (Å²) in [5, 5.41) is 8.09. The summed E-state index contributed by atoms with van der Waals surface area (Å²) in [6, 6.07) is 8.98. The van der Waals surface area contributed by atoms with E-state index >= 15 is 0 Å². The smallest absolute Gasteiger partial charge is 0.154 e. The topological polar surface area (TPSA) is 48.7 Å². The van der Waals surface area contributed by atoms with Crippen LogP contribution in [0.25, 0.3) is 16.9 Å². The molecule has 1 aliphatic rings. The van der Waals surface area contributed by atoms with Gasteiger partial charge >= 0.3 is 0 Å². The van der Waals surface area contributed by atoms with Gasteiger partial charge in [-0.25, -0.2) is 13.9 Å². The zero-order chi connectivity index (χ0) is 18.1. The number of halogens is 1. The third-order valence-corrected chi connectivity index (χ3v) is 4.84. The van der Waals surface area contributed by atoms with Crippen LogP contribution in [0.4, 0.5) is 15.9 Å². The number of hydrogen-bond acceptors (Lipinski definition) is 5. The molecule has 0 saturated heterocycles. The van der Waals surface area contributed by atoms with Crippen LogP contribution < -0.4 is 10.2 Å². The average molecular weight is 354 g/mol. The first-order valence-electron chi connectivity index (χ1n) is 8.90. The largest absolute Gasteiger partial charge is 0.385 e. The first kappa shape index (κ1) is 16.8. The highest BCUT2D eigenvalue weighted by molar-refractivity contribution is 5.68. The molecule has 0 saturated carbocycles. The van der Waals surface area contributed by atoms with Crippen molar-refractivity contribution in [2.45, 2.75) is 6.42 Å². The summed E-state index contributed by atoms with van der Waals surface area (Å²) in [7, 11) is 4.16. The third-order valence-electron chi connectivity index (χ3n) is 4.84. The molecule has 1 N–H and O–H groups in total. The SMILES string of the molecule is CN1CCCNc2ccc(F)c(c2)-c2cnc3ccc(nn23)N(C)CC1. The van der Waals surface area contributed by atoms with E-state index in [4.69, 9.17) is 5.10 Å². The van der Waals surface area contributed by atoms with E-state index in [0.29, 0.717) is 16.9 Å². The number of benzene rings is 1. The summed E-state index contributed by atoms with van der Waals surface area (Å²) in [6.07, 6.45) is 2.70. The Morgan fingerprint density at radius 3 is 2.85 bits per heavy atom. The molecule has 1 aliphatic heterocycles. The Balaban J connectivity index is 1.83. The van der Waals surface area contributed by atoms with Crippen LogP contribution in [0.15, 0.2) is 36.5 Å². The Kier molecular flexibility index (Phi) is 4.46. The highest BCUT2D eigenvalue weighted by Gasteiger charge is 2.15. The van der Waals surface area contributed by atoms with Crippen LogP contribution in [0.1, 0.15) is 6.42 Å². The van der Waals surface area contributed by atoms with E-state index in [-0.39, 0.29) is 5.82 Å². The minimum absolute atomic E-state index is 0.276. The van der Waals surface area contributed by atoms with Crippen molar-refractivity contribution < 1.29 is 4.39 Å². The van der Waals surface area contributed by atoms with Crippen molar-refractivity contribution in [1.29, 1.82) is 0 Å². The van der Waals surface area contributed by atoms with Gasteiger partial charge in [-0.15, -0.1) is 5.10 Å². The summed E-state index contributed by atoms with van der Waals surface area (Å²) in [6.45, 7) is 3.67. The maximum atomic E-state index is 14.5. The van der Waals surface area contributed by atoms with Crippen molar-refractivity contribution in [1.82, 2.24) is 19.5 Å². The number of likely N-dealkylation sites (N-methyl/N-ethyl adjacent to an activating group) is 2. The molecule has 0 radical (unpaired) electrons. The number of hydrogen-bond donors (Lipinski definition) is 1. The Morgan fingerprint density at radius 1 is 1.08 bits per heavy atom. The van der Waals surface area contributed by atoms with E-state index in [1.54, 1.807) is 16.8 Å². The normalized spacial score (nSPS) is 16.3. The molecule has 0 atom stereocenters. The second-order valence-corrected chi connectivity index (χ2v) is 6.80. The molecule has 6 nitrogen and oxygen atoms in total. The highest BCUT2D eigenvalue weighted by atomic mass is 19.1. The number of aromatic nitrogens is 3. The maximum absolute atomic E-state index is 14.5. The standard InChI is InChI=1S/C19H23FN6/c1-24-9-3-8-21-14-4-5-16(20)15(12-14)17-13-22-18-6-7-19(23-26(17)18)25(2)11-10-24/h4-7,12-13,21H,3,8-11H2,1-2H3. The third kappa shape index (κ3) is 3.22. The number of anilines is 2. The van der Waals surface area contributed by atoms with Crippen LogP contribution in [0.2, 0.25) is 0 Å². The lowest BCUT2D eigenvalue weighted by atomic mass is 10.1. The van der Waals surface area contributed by atoms with E-state index in [0.717, 1.165) is 44.1 Å². The van der Waals surface area contributed by atoms with Gasteiger partial charge in [-0.1, -0.05) is 0 Å². The number of imidazole rings is 1. The summed E-state index contributed by atoms with van der Waals surface area (Å²) >= 11 is 0. The van der Waals surface area contributed by atoms with E-state index < -0.39 is 0 Å². The van der Waals surface area contributed by atoms with Crippen LogP contribution in [0, 0.1) is 5.82 Å². The quantitative estimate of drug-likeness (QED) is 0.673. The molecule has 7 heteroatoms. The Hall–Kier alpha value is -2.67. The van der Waals surface area contributed by atoms with Gasteiger partial charge in [-0.2, -0.15) is 0 Å². The highest BCUT2D eigenvalue weighted by Crippen LogP contribution is 2.27. The van der Waals surface area contributed by atoms with E-state index in [1.807, 2.05) is 25.2 Å². The number of fused-ring (bicyclic) bond motifs is 4. The molecule has 1 aromatic carbocycles. The van der Waals surface area contributed by atoms with Crippen molar-refractivity contribution in [3.63, 3.8) is 0 Å². The summed E-state index contributed by atoms with van der Waals surface area (Å²) in [4.78, 5) is 8.81. The molecule has 4 rings (SSSR count). The Labute approximate surface area is 152 Å². The molecule has 2 aromatic heterocycles. The average Bonchev–Trinajstić information content (AvgIpc) is 3.06. The zero-order valence-corrected chi connectivity index (χ0v) is 15.1. The van der Waals surface area contributed by atoms with Gasteiger partial charge in [-0.3, -0.25) is 0 Å². The summed E-state index contributed by atoms with van der Waals surface area (Å²) in [5.74, 6) is 0.566. The lowest BCUT2D eigenvalue weighted by Gasteiger charge is -2.22. The fraction of sp³-hybridized carbons (Fsp3) is 0.368. The van der Waals surface area contributed by atoms with Crippen LogP contribution in [0.3, 0.4) is 0 Å². The van der Waals surface area contributed by atoms with Gasteiger partial charge < -0.3 is 15.1 Å². The summed E-state index contributed by atoms with van der Waals surface area (Å²) < 4.78 is 16.2. The van der Waals surface area contributed by atoms with Gasteiger partial charge in [0.1, 0.15) is 11.6 Å². The molecule has 0 unspecified atom stereocenters. The van der Waals surface area contributed by atoms with Crippen molar-refractivity contribution in [3.8, 4) is 11.3 Å². The number of rotatable bonds is 0. The molecule has 3 heterocycles. The predicted molar refractivity (Wildman–Crippen MR) is 102 cm³/mol. The van der Waals surface area contributed by atoms with Crippen molar-refractivity contribution in [2.24, 2.45) is 0 Å². The fourth-order valence-electron chi connectivity index (χ4n) is 3.21. The molecule has 0 fully saturated rings. The molecule has 0 spiro atoms. The van der Waals surface area contributed by atoms with Crippen LogP contribution in [0.5, 0.6) is 0 Å². The number of nitrogens with zero attached hydrogens (tertiary/aromatic N) is 5. The molecule has 26 heavy (non-hydrogen) atoms. The predicted octanol–water partition coefficient (Wildman–Crippen LogP) is 2.72. The Bertz CT molecular complexity index is 922. The molecule has 136 valence electrons. The molecular weight excluding hydrogens is 331 g/mol. The van der Waals surface area contributed by atoms with Crippen molar-refractivity contribution in [3.05, 3.63) is 42.3 Å². The van der Waals surface area contributed by atoms with Crippen molar-refractivity contribution in [2.75, 3.05) is 50.5 Å². The first-order chi connectivity index (χ1) is 12.6. The minimum Gasteiger partial charge on any atom is -0.385 e. The van der Waals surface area contributed by atoms with Gasteiger partial charge in [0, 0.05) is 37.9 Å². The van der Waals surface area contributed by atoms with E-state index in [2.05, 4.69) is 27.1 Å². The molecule has 4 bridgehead atoms. The monoisotopic (exact) mass is 354 g/mol. The minimum atomic E-state index is -0.276. The second-order valence-electron chi connectivity index (χ2n) is 6.80. The summed E-state index contributed by atoms with van der Waals surface area (Å²) in [5.41, 5.74) is 2.77. The lowest BCUT2D eigenvalue weighted by molar-refractivity contribution is 0.339. The lowest BCUT2D eigenvalue weighted by Crippen LogP contribution is -2.32. The van der Waals surface area contributed by atoms with Gasteiger partial charge in [0.2, 0.25) is 0 Å². The second kappa shape index (κ2) is 6.92. The molecule has 0 amide bonds. The van der Waals surface area contributed by atoms with E-state index in [9.17, 15) is 4.39 Å². The van der Waals surface area contributed by atoms with E-state index in [1.165, 1.54) is 6.07 Å². The number of nitrogens with one attached hydrogen (secondary N) is 1. The molecule has 0 aliphatic carbocycles. The Morgan fingerprint density at radius 2 is 1.96 bits per heavy atom. The fourth-order valence-corrected chi connectivity index (χ4v) is 3.21. The van der Waals surface area contributed by atoms with Crippen LogP contribution in [-0.2, 0) is 0 Å². The van der Waals surface area contributed by atoms with Gasteiger partial charge in [0.15, 0.2) is 5.65 Å². The maximum Gasteiger partial charge on any atom is 0.154 e.